The van der Waals surface area contributed by atoms with Gasteiger partial charge in [0.25, 0.3) is 0 Å². The van der Waals surface area contributed by atoms with Crippen LogP contribution in [0.5, 0.6) is 0 Å². The van der Waals surface area contributed by atoms with Crippen molar-refractivity contribution in [2.45, 2.75) is 0 Å². The summed E-state index contributed by atoms with van der Waals surface area (Å²) < 4.78 is 109. The van der Waals surface area contributed by atoms with Crippen LogP contribution >= 0.6 is 0 Å². The summed E-state index contributed by atoms with van der Waals surface area (Å²) in [6.07, 6.45) is 0. The maximum absolute atomic E-state index is 9.23. The molecule has 0 fully saturated rings. The Bertz CT molecular complexity index is 3470. The minimum atomic E-state index is -0.685. The molecule has 10 aromatic rings. The van der Waals surface area contributed by atoms with Gasteiger partial charge in [-0.15, -0.1) is 0 Å². The molecule has 3 heterocycles. The maximum atomic E-state index is 9.23. The van der Waals surface area contributed by atoms with Crippen molar-refractivity contribution in [3.05, 3.63) is 164 Å². The predicted octanol–water partition coefficient (Wildman–Crippen LogP) is 12.0. The van der Waals surface area contributed by atoms with Crippen molar-refractivity contribution in [3.8, 4) is 56.4 Å². The van der Waals surface area contributed by atoms with Crippen LogP contribution in [0.25, 0.3) is 100 Å². The Balaban J connectivity index is 1.25. The van der Waals surface area contributed by atoms with Crippen LogP contribution in [0.3, 0.4) is 0 Å². The first-order chi connectivity index (χ1) is 29.3. The quantitative estimate of drug-likeness (QED) is 0.185. The van der Waals surface area contributed by atoms with Crippen molar-refractivity contribution < 1.29 is 23.9 Å². The van der Waals surface area contributed by atoms with E-state index in [4.69, 9.17) is 36.1 Å². The molecule has 3 aromatic heterocycles. The van der Waals surface area contributed by atoms with Crippen LogP contribution in [0.4, 0.5) is 0 Å². The van der Waals surface area contributed by atoms with Gasteiger partial charge in [0.1, 0.15) is 22.3 Å². The van der Waals surface area contributed by atoms with Gasteiger partial charge in [0.15, 0.2) is 17.5 Å². The average Bonchev–Trinajstić information content (AvgIpc) is 3.87. The molecule has 234 valence electrons. The molecule has 5 nitrogen and oxygen atoms in total. The molecule has 0 amide bonds. The van der Waals surface area contributed by atoms with E-state index >= 15 is 0 Å². The third-order valence-corrected chi connectivity index (χ3v) is 8.56. The second-order valence-corrected chi connectivity index (χ2v) is 11.6. The van der Waals surface area contributed by atoms with Crippen LogP contribution in [0.1, 0.15) is 15.1 Å². The van der Waals surface area contributed by atoms with Gasteiger partial charge in [-0.25, -0.2) is 15.0 Å². The highest BCUT2D eigenvalue weighted by Gasteiger charge is 2.19. The maximum Gasteiger partial charge on any atom is 0.167 e. The number of benzene rings is 7. The number of fused-ring (bicyclic) bond motifs is 6. The van der Waals surface area contributed by atoms with Crippen LogP contribution in [-0.4, -0.2) is 15.0 Å². The number of hydrogen-bond donors (Lipinski definition) is 0. The molecule has 0 radical (unpaired) electrons. The van der Waals surface area contributed by atoms with Gasteiger partial charge in [-0.1, -0.05) is 127 Å². The molecule has 7 aromatic carbocycles. The zero-order valence-corrected chi connectivity index (χ0v) is 25.9. The fraction of sp³-hybridized carbons (Fsp3) is 0. The van der Waals surface area contributed by atoms with Crippen molar-refractivity contribution in [2.75, 3.05) is 0 Å². The summed E-state index contributed by atoms with van der Waals surface area (Å²) in [6, 6.07) is 23.8. The second-order valence-electron chi connectivity index (χ2n) is 11.6. The molecule has 0 aliphatic heterocycles. The Kier molecular flexibility index (Phi) is 4.38. The van der Waals surface area contributed by atoms with E-state index in [1.807, 2.05) is 91.0 Å². The minimum Gasteiger partial charge on any atom is -0.456 e. The summed E-state index contributed by atoms with van der Waals surface area (Å²) >= 11 is 0. The number of rotatable bonds is 5. The fourth-order valence-corrected chi connectivity index (χ4v) is 6.13. The zero-order valence-electron chi connectivity index (χ0n) is 36.9. The molecule has 50 heavy (non-hydrogen) atoms. The Hall–Kier alpha value is -6.85. The van der Waals surface area contributed by atoms with Gasteiger partial charge in [0, 0.05) is 32.7 Å². The topological polar surface area (TPSA) is 65.0 Å². The summed E-state index contributed by atoms with van der Waals surface area (Å²) in [5, 5.41) is 1.46. The van der Waals surface area contributed by atoms with Gasteiger partial charge in [-0.05, 0) is 58.6 Å². The molecule has 10 rings (SSSR count). The van der Waals surface area contributed by atoms with Crippen molar-refractivity contribution in [3.63, 3.8) is 0 Å². The predicted molar refractivity (Wildman–Crippen MR) is 202 cm³/mol. The van der Waals surface area contributed by atoms with Crippen LogP contribution in [-0.2, 0) is 0 Å². The van der Waals surface area contributed by atoms with Gasteiger partial charge < -0.3 is 8.83 Å². The molecule has 5 heteroatoms. The molecule has 0 unspecified atom stereocenters. The summed E-state index contributed by atoms with van der Waals surface area (Å²) in [5.74, 6) is 0.266. The SMILES string of the molecule is [2H]c1c([2H])c([2H])c(-c2c([2H])c([2H])c3c(oc4c(-c5nc(-c6ccc(-c7ccccc7)cc6)nc(-c6ccc7c(c6)oc6ccccc67)n5)c([2H])c([2H])c([2H])c43)c2[2H])c([2H])c1[2H]. The summed E-state index contributed by atoms with van der Waals surface area (Å²) in [5.41, 5.74) is 2.75. The molecule has 0 aliphatic carbocycles. The average molecular weight is 653 g/mol. The number of para-hydroxylation sites is 2. The van der Waals surface area contributed by atoms with Crippen LogP contribution in [0.15, 0.2) is 172 Å². The van der Waals surface area contributed by atoms with Crippen molar-refractivity contribution >= 4 is 43.9 Å². The van der Waals surface area contributed by atoms with Crippen LogP contribution < -0.4 is 0 Å². The fourth-order valence-electron chi connectivity index (χ4n) is 6.13. The number of hydrogen-bond acceptors (Lipinski definition) is 5. The molecule has 0 saturated carbocycles. The Morgan fingerprint density at radius 1 is 0.400 bits per heavy atom. The van der Waals surface area contributed by atoms with Gasteiger partial charge >= 0.3 is 0 Å². The van der Waals surface area contributed by atoms with Crippen molar-refractivity contribution in [1.82, 2.24) is 15.0 Å². The number of nitrogens with zero attached hydrogens (tertiary/aromatic N) is 3. The summed E-state index contributed by atoms with van der Waals surface area (Å²) in [7, 11) is 0. The van der Waals surface area contributed by atoms with E-state index in [0.29, 0.717) is 22.3 Å². The lowest BCUT2D eigenvalue weighted by atomic mass is 10.0. The van der Waals surface area contributed by atoms with E-state index in [1.165, 1.54) is 0 Å². The first-order valence-corrected chi connectivity index (χ1v) is 15.7. The molecule has 0 spiro atoms. The molecular formula is C45H27N3O2. The van der Waals surface area contributed by atoms with Gasteiger partial charge in [-0.3, -0.25) is 0 Å². The first-order valence-electron chi connectivity index (χ1n) is 21.2. The van der Waals surface area contributed by atoms with Gasteiger partial charge in [0.2, 0.25) is 0 Å². The van der Waals surface area contributed by atoms with E-state index in [1.54, 1.807) is 6.07 Å². The normalized spacial score (nSPS) is 14.7. The highest BCUT2D eigenvalue weighted by atomic mass is 16.3. The summed E-state index contributed by atoms with van der Waals surface area (Å²) in [4.78, 5) is 14.5. The van der Waals surface area contributed by atoms with E-state index in [0.717, 1.165) is 21.9 Å². The van der Waals surface area contributed by atoms with Crippen LogP contribution in [0.2, 0.25) is 0 Å². The molecule has 0 aliphatic rings. The molecule has 0 bridgehead atoms. The highest BCUT2D eigenvalue weighted by Crippen LogP contribution is 2.38. The molecule has 0 N–H and O–H groups in total. The molecule has 0 atom stereocenters. The highest BCUT2D eigenvalue weighted by molar-refractivity contribution is 6.10. The second kappa shape index (κ2) is 11.4. The van der Waals surface area contributed by atoms with E-state index in [-0.39, 0.29) is 45.0 Å². The standard InChI is InChI=1S/C45H27N3O2/c1-3-10-28(11-4-1)30-18-20-31(21-19-30)43-46-44(33-23-25-35-34-14-7-8-17-39(34)49-40(35)27-33)48-45(47-43)38-16-9-15-37-36-24-22-32(26-41(36)50-42(37)38)29-12-5-2-6-13-29/h1-27H/i2D,5D,6D,9D,12D,13D,15D,16D,22D,24D,26D. The van der Waals surface area contributed by atoms with Crippen LogP contribution in [0, 0.1) is 0 Å². The van der Waals surface area contributed by atoms with Crippen molar-refractivity contribution in [2.24, 2.45) is 0 Å². The molecule has 0 saturated heterocycles. The minimum absolute atomic E-state index is 0.116. The zero-order chi connectivity index (χ0) is 42.6. The van der Waals surface area contributed by atoms with E-state index in [9.17, 15) is 2.74 Å². The monoisotopic (exact) mass is 652 g/mol. The Morgan fingerprint density at radius 3 is 1.96 bits per heavy atom. The third-order valence-electron chi connectivity index (χ3n) is 8.56. The Labute approximate surface area is 302 Å². The molecular weight excluding hydrogens is 615 g/mol. The lowest BCUT2D eigenvalue weighted by molar-refractivity contribution is 0.668. The Morgan fingerprint density at radius 2 is 1.10 bits per heavy atom. The number of furan rings is 2. The van der Waals surface area contributed by atoms with Gasteiger partial charge in [0.05, 0.1) is 20.6 Å². The first kappa shape index (κ1) is 19.2. The lowest BCUT2D eigenvalue weighted by Gasteiger charge is -2.09. The van der Waals surface area contributed by atoms with Crippen molar-refractivity contribution in [1.29, 1.82) is 0 Å². The smallest absolute Gasteiger partial charge is 0.167 e. The summed E-state index contributed by atoms with van der Waals surface area (Å²) in [6.45, 7) is 0. The lowest BCUT2D eigenvalue weighted by Crippen LogP contribution is -2.00. The largest absolute Gasteiger partial charge is 0.456 e. The van der Waals surface area contributed by atoms with E-state index < -0.39 is 77.6 Å². The van der Waals surface area contributed by atoms with E-state index in [2.05, 4.69) is 0 Å². The van der Waals surface area contributed by atoms with Gasteiger partial charge in [-0.2, -0.15) is 0 Å². The third kappa shape index (κ3) is 4.75. The number of aromatic nitrogens is 3.